The van der Waals surface area contributed by atoms with Crippen molar-refractivity contribution >= 4 is 38.2 Å². The van der Waals surface area contributed by atoms with Crippen LogP contribution in [0, 0.1) is 23.8 Å². The molecule has 3 atom stereocenters. The van der Waals surface area contributed by atoms with E-state index in [4.69, 9.17) is 4.74 Å². The van der Waals surface area contributed by atoms with E-state index in [1.165, 1.54) is 6.20 Å². The highest BCUT2D eigenvalue weighted by Crippen LogP contribution is 2.35. The van der Waals surface area contributed by atoms with Crippen molar-refractivity contribution in [1.29, 1.82) is 0 Å². The van der Waals surface area contributed by atoms with E-state index in [0.717, 1.165) is 36.9 Å². The van der Waals surface area contributed by atoms with Gasteiger partial charge in [0.25, 0.3) is 11.5 Å². The van der Waals surface area contributed by atoms with Crippen LogP contribution in [0.3, 0.4) is 0 Å². The van der Waals surface area contributed by atoms with Crippen LogP contribution in [0.4, 0.5) is 0 Å². The minimum atomic E-state index is -0.935. The summed E-state index contributed by atoms with van der Waals surface area (Å²) >= 11 is 0. The highest BCUT2D eigenvalue weighted by atomic mass is 16.5. The molecule has 9 nitrogen and oxygen atoms in total. The molecule has 5 aromatic rings. The van der Waals surface area contributed by atoms with Crippen LogP contribution in [-0.4, -0.2) is 44.5 Å². The van der Waals surface area contributed by atoms with E-state index in [1.807, 2.05) is 24.3 Å². The fraction of sp³-hybridized carbons (Fsp3) is 0.194. The zero-order chi connectivity index (χ0) is 27.8. The second kappa shape index (κ2) is 10.3. The first-order valence-corrected chi connectivity index (χ1v) is 12.7. The number of hydrogen-bond donors (Lipinski definition) is 4. The molecule has 6 rings (SSSR count). The van der Waals surface area contributed by atoms with Gasteiger partial charge in [-0.1, -0.05) is 66.3 Å². The van der Waals surface area contributed by atoms with Gasteiger partial charge in [0, 0.05) is 24.2 Å². The number of rotatable bonds is 3. The van der Waals surface area contributed by atoms with Gasteiger partial charge in [-0.15, -0.1) is 0 Å². The van der Waals surface area contributed by atoms with E-state index in [0.29, 0.717) is 5.56 Å². The lowest BCUT2D eigenvalue weighted by atomic mass is 9.92. The Morgan fingerprint density at radius 2 is 1.75 bits per heavy atom. The number of aliphatic hydroxyl groups is 2. The summed E-state index contributed by atoms with van der Waals surface area (Å²) in [5.74, 6) is 7.84. The van der Waals surface area contributed by atoms with Crippen molar-refractivity contribution in [2.45, 2.75) is 31.3 Å². The average molecular weight is 534 g/mol. The van der Waals surface area contributed by atoms with Gasteiger partial charge in [0.05, 0.1) is 19.1 Å². The quantitative estimate of drug-likeness (QED) is 0.160. The van der Waals surface area contributed by atoms with Crippen LogP contribution >= 0.6 is 0 Å². The van der Waals surface area contributed by atoms with E-state index >= 15 is 0 Å². The SMILES string of the molecule is O=C(NC#CCC#Cc1cn([C@H]2C[C@H](O)[C@@H](CO)O2)c(=O)[nH]c1=O)c1ccc2ccc3cccc4ccc1c2c34. The predicted octanol–water partition coefficient (Wildman–Crippen LogP) is 2.21. The topological polar surface area (TPSA) is 134 Å². The van der Waals surface area contributed by atoms with Gasteiger partial charge in [-0.05, 0) is 38.4 Å². The van der Waals surface area contributed by atoms with Crippen molar-refractivity contribution in [3.63, 3.8) is 0 Å². The Labute approximate surface area is 227 Å². The summed E-state index contributed by atoms with van der Waals surface area (Å²) in [5.41, 5.74) is -0.839. The van der Waals surface area contributed by atoms with Gasteiger partial charge < -0.3 is 14.9 Å². The van der Waals surface area contributed by atoms with E-state index in [2.05, 4.69) is 58.4 Å². The predicted molar refractivity (Wildman–Crippen MR) is 150 cm³/mol. The number of amides is 1. The van der Waals surface area contributed by atoms with Gasteiger partial charge in [-0.25, -0.2) is 4.79 Å². The van der Waals surface area contributed by atoms with Gasteiger partial charge in [0.2, 0.25) is 0 Å². The van der Waals surface area contributed by atoms with Gasteiger partial charge in [-0.2, -0.15) is 0 Å². The van der Waals surface area contributed by atoms with Crippen LogP contribution < -0.4 is 16.6 Å². The van der Waals surface area contributed by atoms with Crippen molar-refractivity contribution in [3.8, 4) is 23.8 Å². The molecular formula is C31H23N3O6. The third kappa shape index (κ3) is 4.49. The lowest BCUT2D eigenvalue weighted by Crippen LogP contribution is -2.33. The first-order chi connectivity index (χ1) is 19.4. The van der Waals surface area contributed by atoms with Crippen LogP contribution in [0.25, 0.3) is 32.3 Å². The summed E-state index contributed by atoms with van der Waals surface area (Å²) < 4.78 is 6.62. The van der Waals surface area contributed by atoms with Crippen molar-refractivity contribution in [1.82, 2.24) is 14.9 Å². The maximum absolute atomic E-state index is 13.0. The van der Waals surface area contributed by atoms with Crippen molar-refractivity contribution in [2.24, 2.45) is 0 Å². The van der Waals surface area contributed by atoms with E-state index in [1.54, 1.807) is 6.07 Å². The molecule has 4 N–H and O–H groups in total. The molecule has 9 heteroatoms. The van der Waals surface area contributed by atoms with Crippen molar-refractivity contribution < 1.29 is 19.7 Å². The molecular weight excluding hydrogens is 510 g/mol. The van der Waals surface area contributed by atoms with Crippen LogP contribution in [0.1, 0.15) is 35.0 Å². The number of nitrogens with zero attached hydrogens (tertiary/aromatic N) is 1. The Bertz CT molecular complexity index is 2000. The molecule has 1 fully saturated rings. The molecule has 0 radical (unpaired) electrons. The summed E-state index contributed by atoms with van der Waals surface area (Å²) in [6, 6.07) is 20.6. The van der Waals surface area contributed by atoms with Gasteiger partial charge in [0.1, 0.15) is 17.9 Å². The standard InChI is InChI=1S/C31H23N3O6/c35-17-25-24(36)15-26(40-25)34-16-21(29(37)33-31(34)39)5-2-1-3-14-32-30(38)23-13-11-20-9-8-18-6-4-7-19-10-12-22(23)28(20)27(18)19/h4,6-13,16,24-26,35-36H,1,15,17H2,(H,32,38)(H,33,37,39)/t24-,25+,26+/m0/s1. The molecule has 1 aliphatic heterocycles. The zero-order valence-corrected chi connectivity index (χ0v) is 21.1. The normalized spacial score (nSPS) is 18.4. The summed E-state index contributed by atoms with van der Waals surface area (Å²) in [6.45, 7) is -0.394. The zero-order valence-electron chi connectivity index (χ0n) is 21.1. The van der Waals surface area contributed by atoms with Gasteiger partial charge in [-0.3, -0.25) is 24.5 Å². The molecule has 198 valence electrons. The first-order valence-electron chi connectivity index (χ1n) is 12.7. The molecule has 1 aliphatic rings. The summed E-state index contributed by atoms with van der Waals surface area (Å²) in [6.07, 6.45) is -1.19. The van der Waals surface area contributed by atoms with E-state index in [-0.39, 0.29) is 24.3 Å². The lowest BCUT2D eigenvalue weighted by molar-refractivity contribution is -0.0459. The Morgan fingerprint density at radius 1 is 1.02 bits per heavy atom. The number of hydrogen-bond acceptors (Lipinski definition) is 6. The smallest absolute Gasteiger partial charge is 0.330 e. The number of carbonyl (C=O) groups is 1. The monoisotopic (exact) mass is 533 g/mol. The van der Waals surface area contributed by atoms with Crippen LogP contribution in [0.15, 0.2) is 70.4 Å². The molecule has 0 saturated carbocycles. The number of carbonyl (C=O) groups excluding carboxylic acids is 1. The summed E-state index contributed by atoms with van der Waals surface area (Å²) in [7, 11) is 0. The molecule has 0 aliphatic carbocycles. The Hall–Kier alpha value is -4.93. The fourth-order valence-electron chi connectivity index (χ4n) is 5.17. The molecule has 0 spiro atoms. The van der Waals surface area contributed by atoms with Crippen molar-refractivity contribution in [3.05, 3.63) is 92.8 Å². The van der Waals surface area contributed by atoms with Gasteiger partial charge >= 0.3 is 5.69 Å². The van der Waals surface area contributed by atoms with Gasteiger partial charge in [0.15, 0.2) is 0 Å². The largest absolute Gasteiger partial charge is 0.394 e. The van der Waals surface area contributed by atoms with E-state index in [9.17, 15) is 24.6 Å². The first kappa shape index (κ1) is 25.4. The minimum Gasteiger partial charge on any atom is -0.394 e. The molecule has 4 aromatic carbocycles. The maximum Gasteiger partial charge on any atom is 0.330 e. The second-order valence-corrected chi connectivity index (χ2v) is 9.53. The number of nitrogens with one attached hydrogen (secondary N) is 2. The molecule has 0 bridgehead atoms. The highest BCUT2D eigenvalue weighted by Gasteiger charge is 2.35. The molecule has 2 heterocycles. The van der Waals surface area contributed by atoms with Crippen LogP contribution in [-0.2, 0) is 4.74 Å². The second-order valence-electron chi connectivity index (χ2n) is 9.53. The molecule has 0 unspecified atom stereocenters. The van der Waals surface area contributed by atoms with Crippen molar-refractivity contribution in [2.75, 3.05) is 6.61 Å². The lowest BCUT2D eigenvalue weighted by Gasteiger charge is -2.14. The number of H-pyrrole nitrogens is 1. The summed E-state index contributed by atoms with van der Waals surface area (Å²) in [4.78, 5) is 39.6. The number of aromatic nitrogens is 2. The van der Waals surface area contributed by atoms with Crippen LogP contribution in [0.2, 0.25) is 0 Å². The molecule has 1 saturated heterocycles. The summed E-state index contributed by atoms with van der Waals surface area (Å²) in [5, 5.41) is 28.1. The molecule has 1 amide bonds. The Balaban J connectivity index is 1.18. The third-order valence-corrected chi connectivity index (χ3v) is 7.10. The Morgan fingerprint density at radius 3 is 2.50 bits per heavy atom. The average Bonchev–Trinajstić information content (AvgIpc) is 3.34. The molecule has 40 heavy (non-hydrogen) atoms. The van der Waals surface area contributed by atoms with E-state index < -0.39 is 36.3 Å². The minimum absolute atomic E-state index is 0.0182. The number of aromatic amines is 1. The highest BCUT2D eigenvalue weighted by molar-refractivity contribution is 6.26. The Kier molecular flexibility index (Phi) is 6.54. The maximum atomic E-state index is 13.0. The third-order valence-electron chi connectivity index (χ3n) is 7.10. The van der Waals surface area contributed by atoms with Crippen LogP contribution in [0.5, 0.6) is 0 Å². The number of ether oxygens (including phenoxy) is 1. The fourth-order valence-corrected chi connectivity index (χ4v) is 5.17. The number of benzene rings is 4. The number of aliphatic hydroxyl groups excluding tert-OH is 2. The molecule has 1 aromatic heterocycles.